The summed E-state index contributed by atoms with van der Waals surface area (Å²) in [5.74, 6) is 0. The maximum atomic E-state index is 12.3. The van der Waals surface area contributed by atoms with E-state index >= 15 is 0 Å². The SMILES string of the molecule is O=c1oc2ccccc2cc1-c1cn(CCc2ccccc2)c(=S)[nH]1. The summed E-state index contributed by atoms with van der Waals surface area (Å²) in [5.41, 5.74) is 2.63. The number of para-hydroxylation sites is 1. The normalized spacial score (nSPS) is 11.0. The van der Waals surface area contributed by atoms with Crippen molar-refractivity contribution in [2.75, 3.05) is 0 Å². The summed E-state index contributed by atoms with van der Waals surface area (Å²) in [4.78, 5) is 15.4. The highest BCUT2D eigenvalue weighted by atomic mass is 32.1. The number of hydrogen-bond donors (Lipinski definition) is 1. The predicted octanol–water partition coefficient (Wildman–Crippen LogP) is 4.56. The molecule has 0 fully saturated rings. The molecular formula is C20H16N2O2S. The van der Waals surface area contributed by atoms with Gasteiger partial charge in [-0.15, -0.1) is 0 Å². The summed E-state index contributed by atoms with van der Waals surface area (Å²) < 4.78 is 7.95. The van der Waals surface area contributed by atoms with Gasteiger partial charge in [0, 0.05) is 18.1 Å². The van der Waals surface area contributed by atoms with Crippen molar-refractivity contribution in [1.29, 1.82) is 0 Å². The Morgan fingerprint density at radius 2 is 1.80 bits per heavy atom. The lowest BCUT2D eigenvalue weighted by Crippen LogP contribution is -2.03. The van der Waals surface area contributed by atoms with Crippen LogP contribution in [-0.4, -0.2) is 9.55 Å². The maximum absolute atomic E-state index is 12.3. The van der Waals surface area contributed by atoms with Gasteiger partial charge in [0.2, 0.25) is 0 Å². The molecule has 0 bridgehead atoms. The van der Waals surface area contributed by atoms with Gasteiger partial charge >= 0.3 is 5.63 Å². The van der Waals surface area contributed by atoms with Crippen molar-refractivity contribution >= 4 is 23.2 Å². The molecule has 0 unspecified atom stereocenters. The Balaban J connectivity index is 1.67. The molecule has 5 heteroatoms. The van der Waals surface area contributed by atoms with Crippen molar-refractivity contribution in [2.45, 2.75) is 13.0 Å². The van der Waals surface area contributed by atoms with Crippen molar-refractivity contribution < 1.29 is 4.42 Å². The van der Waals surface area contributed by atoms with Gasteiger partial charge in [-0.1, -0.05) is 48.5 Å². The van der Waals surface area contributed by atoms with Crippen LogP contribution in [0.1, 0.15) is 5.56 Å². The van der Waals surface area contributed by atoms with Gasteiger partial charge in [-0.25, -0.2) is 4.79 Å². The number of hydrogen-bond acceptors (Lipinski definition) is 3. The van der Waals surface area contributed by atoms with Crippen LogP contribution in [-0.2, 0) is 13.0 Å². The topological polar surface area (TPSA) is 50.9 Å². The fourth-order valence-corrected chi connectivity index (χ4v) is 3.13. The summed E-state index contributed by atoms with van der Waals surface area (Å²) in [7, 11) is 0. The molecular weight excluding hydrogens is 332 g/mol. The molecule has 0 aliphatic carbocycles. The highest BCUT2D eigenvalue weighted by Gasteiger charge is 2.10. The number of benzene rings is 2. The van der Waals surface area contributed by atoms with E-state index in [2.05, 4.69) is 17.1 Å². The summed E-state index contributed by atoms with van der Waals surface area (Å²) in [6, 6.07) is 19.5. The third-order valence-electron chi connectivity index (χ3n) is 4.20. The number of rotatable bonds is 4. The van der Waals surface area contributed by atoms with Crippen LogP contribution in [0.25, 0.3) is 22.2 Å². The van der Waals surface area contributed by atoms with Crippen LogP contribution in [0.15, 0.2) is 76.1 Å². The smallest absolute Gasteiger partial charge is 0.345 e. The molecule has 2 aromatic carbocycles. The number of aromatic amines is 1. The Bertz CT molecular complexity index is 1140. The van der Waals surface area contributed by atoms with Crippen LogP contribution in [0.5, 0.6) is 0 Å². The first-order valence-corrected chi connectivity index (χ1v) is 8.48. The summed E-state index contributed by atoms with van der Waals surface area (Å²) in [5, 5.41) is 0.883. The first-order chi connectivity index (χ1) is 12.2. The van der Waals surface area contributed by atoms with E-state index in [9.17, 15) is 4.79 Å². The molecule has 0 aliphatic rings. The predicted molar refractivity (Wildman–Crippen MR) is 101 cm³/mol. The molecule has 2 heterocycles. The molecule has 4 nitrogen and oxygen atoms in total. The van der Waals surface area contributed by atoms with Crippen LogP contribution in [0.2, 0.25) is 0 Å². The zero-order chi connectivity index (χ0) is 17.2. The second kappa shape index (κ2) is 6.53. The van der Waals surface area contributed by atoms with Crippen molar-refractivity contribution in [3.05, 3.63) is 87.6 Å². The van der Waals surface area contributed by atoms with E-state index < -0.39 is 0 Å². The number of H-pyrrole nitrogens is 1. The molecule has 0 spiro atoms. The largest absolute Gasteiger partial charge is 0.422 e. The molecule has 0 aliphatic heterocycles. The molecule has 2 aromatic heterocycles. The fourth-order valence-electron chi connectivity index (χ4n) is 2.88. The van der Waals surface area contributed by atoms with E-state index in [4.69, 9.17) is 16.6 Å². The summed E-state index contributed by atoms with van der Waals surface area (Å²) >= 11 is 5.40. The number of fused-ring (bicyclic) bond motifs is 1. The van der Waals surface area contributed by atoms with Gasteiger partial charge in [-0.2, -0.15) is 0 Å². The van der Waals surface area contributed by atoms with Gasteiger partial charge in [-0.05, 0) is 36.3 Å². The summed E-state index contributed by atoms with van der Waals surface area (Å²) in [6.07, 6.45) is 2.76. The number of nitrogens with one attached hydrogen (secondary N) is 1. The Kier molecular flexibility index (Phi) is 4.07. The number of nitrogens with zero attached hydrogens (tertiary/aromatic N) is 1. The molecule has 25 heavy (non-hydrogen) atoms. The number of aromatic nitrogens is 2. The highest BCUT2D eigenvalue weighted by Crippen LogP contribution is 2.20. The minimum Gasteiger partial charge on any atom is -0.422 e. The van der Waals surface area contributed by atoms with Gasteiger partial charge in [0.15, 0.2) is 4.77 Å². The van der Waals surface area contributed by atoms with Crippen LogP contribution < -0.4 is 5.63 Å². The van der Waals surface area contributed by atoms with Crippen LogP contribution in [0.3, 0.4) is 0 Å². The minimum absolute atomic E-state index is 0.370. The third-order valence-corrected chi connectivity index (χ3v) is 4.54. The van der Waals surface area contributed by atoms with Gasteiger partial charge in [0.05, 0.1) is 11.3 Å². The van der Waals surface area contributed by atoms with Gasteiger partial charge < -0.3 is 14.0 Å². The Morgan fingerprint density at radius 3 is 2.64 bits per heavy atom. The van der Waals surface area contributed by atoms with Gasteiger partial charge in [0.1, 0.15) is 5.58 Å². The van der Waals surface area contributed by atoms with Crippen molar-refractivity contribution in [3.8, 4) is 11.3 Å². The molecule has 0 amide bonds. The first kappa shape index (κ1) is 15.6. The molecule has 0 saturated carbocycles. The average Bonchev–Trinajstić information content (AvgIpc) is 3.01. The van der Waals surface area contributed by atoms with Crippen molar-refractivity contribution in [3.63, 3.8) is 0 Å². The zero-order valence-corrected chi connectivity index (χ0v) is 14.3. The second-order valence-electron chi connectivity index (χ2n) is 5.89. The maximum Gasteiger partial charge on any atom is 0.345 e. The molecule has 0 saturated heterocycles. The Labute approximate surface area is 149 Å². The van der Waals surface area contributed by atoms with E-state index in [0.717, 1.165) is 18.4 Å². The molecule has 4 rings (SSSR count). The monoisotopic (exact) mass is 348 g/mol. The van der Waals surface area contributed by atoms with E-state index in [0.29, 0.717) is 21.6 Å². The Hall–Kier alpha value is -2.92. The second-order valence-corrected chi connectivity index (χ2v) is 6.27. The van der Waals surface area contributed by atoms with E-state index in [1.807, 2.05) is 53.2 Å². The minimum atomic E-state index is -0.370. The van der Waals surface area contributed by atoms with E-state index in [1.54, 1.807) is 6.07 Å². The quantitative estimate of drug-likeness (QED) is 0.434. The molecule has 124 valence electrons. The molecule has 1 N–H and O–H groups in total. The van der Waals surface area contributed by atoms with Crippen LogP contribution >= 0.6 is 12.2 Å². The van der Waals surface area contributed by atoms with Crippen molar-refractivity contribution in [1.82, 2.24) is 9.55 Å². The van der Waals surface area contributed by atoms with Crippen LogP contribution in [0, 0.1) is 4.77 Å². The lowest BCUT2D eigenvalue weighted by molar-refractivity contribution is 0.563. The van der Waals surface area contributed by atoms with Crippen molar-refractivity contribution in [2.24, 2.45) is 0 Å². The molecule has 0 radical (unpaired) electrons. The van der Waals surface area contributed by atoms with E-state index in [-0.39, 0.29) is 5.63 Å². The third kappa shape index (κ3) is 3.19. The summed E-state index contributed by atoms with van der Waals surface area (Å²) in [6.45, 7) is 0.748. The molecule has 4 aromatic rings. The van der Waals surface area contributed by atoms with E-state index in [1.165, 1.54) is 5.56 Å². The lowest BCUT2D eigenvalue weighted by Gasteiger charge is -2.02. The standard InChI is InChI=1S/C20H16N2O2S/c23-19-16(12-15-8-4-5-9-18(15)24-19)17-13-22(20(25)21-17)11-10-14-6-2-1-3-7-14/h1-9,12-13H,10-11H2,(H,21,25). The van der Waals surface area contributed by atoms with Gasteiger partial charge in [0.25, 0.3) is 0 Å². The number of imidazole rings is 1. The lowest BCUT2D eigenvalue weighted by atomic mass is 10.1. The Morgan fingerprint density at radius 1 is 1.04 bits per heavy atom. The average molecular weight is 348 g/mol. The van der Waals surface area contributed by atoms with Gasteiger partial charge in [-0.3, -0.25) is 0 Å². The first-order valence-electron chi connectivity index (χ1n) is 8.07. The highest BCUT2D eigenvalue weighted by molar-refractivity contribution is 7.71. The van der Waals surface area contributed by atoms with Crippen LogP contribution in [0.4, 0.5) is 0 Å². The molecule has 0 atom stereocenters. The zero-order valence-electron chi connectivity index (χ0n) is 13.4. The fraction of sp³-hybridized carbons (Fsp3) is 0.100. The number of aryl methyl sites for hydroxylation is 2.